The molecule has 0 unspecified atom stereocenters. The Morgan fingerprint density at radius 3 is 2.69 bits per heavy atom. The molecule has 0 aliphatic heterocycles. The molecule has 0 saturated heterocycles. The number of guanidine groups is 1. The van der Waals surface area contributed by atoms with Gasteiger partial charge in [0.1, 0.15) is 11.6 Å². The van der Waals surface area contributed by atoms with Crippen LogP contribution in [0.1, 0.15) is 18.3 Å². The number of aryl methyl sites for hydroxylation is 1. The quantitative estimate of drug-likeness (QED) is 0.604. The van der Waals surface area contributed by atoms with Gasteiger partial charge in [-0.1, -0.05) is 6.07 Å². The number of nitrogens with zero attached hydrogens (tertiary/aromatic N) is 4. The number of amides is 1. The highest BCUT2D eigenvalue weighted by Gasteiger charge is 2.09. The Morgan fingerprint density at radius 1 is 1.35 bits per heavy atom. The number of benzene rings is 1. The van der Waals surface area contributed by atoms with Gasteiger partial charge in [-0.3, -0.25) is 4.79 Å². The summed E-state index contributed by atoms with van der Waals surface area (Å²) in [6.45, 7) is 4.86. The molecule has 0 atom stereocenters. The predicted molar refractivity (Wildman–Crippen MR) is 99.8 cm³/mol. The minimum atomic E-state index is -0.334. The Labute approximate surface area is 152 Å². The maximum Gasteiger partial charge on any atom is 0.241 e. The molecule has 1 amide bonds. The normalized spacial score (nSPS) is 11.3. The van der Waals surface area contributed by atoms with E-state index in [0.717, 1.165) is 11.4 Å². The van der Waals surface area contributed by atoms with Crippen LogP contribution in [0.15, 0.2) is 35.6 Å². The van der Waals surface area contributed by atoms with Crippen LogP contribution in [0, 0.1) is 12.7 Å². The molecule has 7 nitrogen and oxygen atoms in total. The second-order valence-corrected chi connectivity index (χ2v) is 5.97. The maximum atomic E-state index is 14.4. The van der Waals surface area contributed by atoms with E-state index in [-0.39, 0.29) is 18.3 Å². The van der Waals surface area contributed by atoms with Gasteiger partial charge in [0.2, 0.25) is 5.91 Å². The van der Waals surface area contributed by atoms with Crippen molar-refractivity contribution in [3.63, 3.8) is 0 Å². The van der Waals surface area contributed by atoms with Gasteiger partial charge in [0.05, 0.1) is 18.8 Å². The van der Waals surface area contributed by atoms with Gasteiger partial charge in [-0.05, 0) is 31.5 Å². The molecule has 1 heterocycles. The number of rotatable bonds is 6. The first-order valence-electron chi connectivity index (χ1n) is 8.43. The summed E-state index contributed by atoms with van der Waals surface area (Å²) in [7, 11) is 3.39. The van der Waals surface area contributed by atoms with Crippen LogP contribution in [0.4, 0.5) is 4.39 Å². The molecule has 1 aromatic carbocycles. The molecule has 140 valence electrons. The summed E-state index contributed by atoms with van der Waals surface area (Å²) in [5, 5.41) is 6.03. The predicted octanol–water partition coefficient (Wildman–Crippen LogP) is 1.46. The second-order valence-electron chi connectivity index (χ2n) is 5.97. The first kappa shape index (κ1) is 19.4. The van der Waals surface area contributed by atoms with E-state index in [0.29, 0.717) is 24.7 Å². The minimum Gasteiger partial charge on any atom is -0.357 e. The second kappa shape index (κ2) is 8.98. The van der Waals surface area contributed by atoms with Crippen molar-refractivity contribution in [1.29, 1.82) is 0 Å². The number of nitrogens with one attached hydrogen (secondary N) is 2. The number of aromatic nitrogens is 2. The Morgan fingerprint density at radius 2 is 2.12 bits per heavy atom. The lowest BCUT2D eigenvalue weighted by Crippen LogP contribution is -2.42. The number of carbonyl (C=O) groups excluding carboxylic acids is 1. The molecule has 0 aliphatic carbocycles. The molecule has 2 rings (SSSR count). The third-order valence-corrected chi connectivity index (χ3v) is 3.77. The Kier molecular flexibility index (Phi) is 6.71. The lowest BCUT2D eigenvalue weighted by atomic mass is 10.2. The third kappa shape index (κ3) is 5.05. The fraction of sp³-hybridized carbons (Fsp3) is 0.389. The molecule has 1 aromatic heterocycles. The van der Waals surface area contributed by atoms with Crippen LogP contribution >= 0.6 is 0 Å². The summed E-state index contributed by atoms with van der Waals surface area (Å²) in [6.07, 6.45) is 3.36. The number of imidazole rings is 1. The average molecular weight is 360 g/mol. The van der Waals surface area contributed by atoms with Gasteiger partial charge in [-0.15, -0.1) is 0 Å². The fourth-order valence-corrected chi connectivity index (χ4v) is 2.31. The molecule has 0 bridgehead atoms. The largest absolute Gasteiger partial charge is 0.357 e. The van der Waals surface area contributed by atoms with Gasteiger partial charge in [0, 0.05) is 33.0 Å². The van der Waals surface area contributed by atoms with Crippen molar-refractivity contribution in [3.05, 3.63) is 47.8 Å². The van der Waals surface area contributed by atoms with Crippen LogP contribution in [0.3, 0.4) is 0 Å². The summed E-state index contributed by atoms with van der Waals surface area (Å²) in [5.41, 5.74) is 1.19. The number of hydrogen-bond donors (Lipinski definition) is 2. The van der Waals surface area contributed by atoms with Crippen molar-refractivity contribution >= 4 is 11.9 Å². The molecule has 2 aromatic rings. The van der Waals surface area contributed by atoms with Crippen LogP contribution in [0.25, 0.3) is 5.69 Å². The molecule has 0 aliphatic rings. The highest BCUT2D eigenvalue weighted by Crippen LogP contribution is 2.17. The Hall–Kier alpha value is -2.90. The van der Waals surface area contributed by atoms with Crippen LogP contribution in [-0.4, -0.2) is 53.5 Å². The van der Waals surface area contributed by atoms with Crippen LogP contribution in [0.2, 0.25) is 0 Å². The first-order valence-corrected chi connectivity index (χ1v) is 8.43. The standard InChI is InChI=1S/C18H25FN6O/c1-5-20-18(23-12-17(26)24(3)4)22-11-14-6-7-16(15(19)10-14)25-9-8-21-13(25)2/h6-10H,5,11-12H2,1-4H3,(H2,20,22,23). The molecule has 2 N–H and O–H groups in total. The fourth-order valence-electron chi connectivity index (χ4n) is 2.31. The van der Waals surface area contributed by atoms with Gasteiger partial charge in [-0.2, -0.15) is 0 Å². The van der Waals surface area contributed by atoms with Crippen molar-refractivity contribution in [2.75, 3.05) is 27.2 Å². The van der Waals surface area contributed by atoms with Crippen molar-refractivity contribution in [1.82, 2.24) is 25.1 Å². The molecule has 8 heteroatoms. The van der Waals surface area contributed by atoms with E-state index in [1.165, 1.54) is 11.0 Å². The number of hydrogen-bond acceptors (Lipinski definition) is 3. The summed E-state index contributed by atoms with van der Waals surface area (Å²) >= 11 is 0. The summed E-state index contributed by atoms with van der Waals surface area (Å²) in [6, 6.07) is 5.01. The van der Waals surface area contributed by atoms with Crippen molar-refractivity contribution in [3.8, 4) is 5.69 Å². The van der Waals surface area contributed by atoms with Gasteiger partial charge >= 0.3 is 0 Å². The van der Waals surface area contributed by atoms with Gasteiger partial charge in [0.15, 0.2) is 5.96 Å². The lowest BCUT2D eigenvalue weighted by Gasteiger charge is -2.14. The Balaban J connectivity index is 2.08. The SMILES string of the molecule is CCNC(=NCc1ccc(-n2ccnc2C)c(F)c1)NCC(=O)N(C)C. The van der Waals surface area contributed by atoms with Crippen LogP contribution in [-0.2, 0) is 11.3 Å². The van der Waals surface area contributed by atoms with Crippen molar-refractivity contribution in [2.24, 2.45) is 4.99 Å². The van der Waals surface area contributed by atoms with Crippen molar-refractivity contribution < 1.29 is 9.18 Å². The molecule has 0 spiro atoms. The third-order valence-electron chi connectivity index (χ3n) is 3.77. The van der Waals surface area contributed by atoms with Crippen LogP contribution < -0.4 is 10.6 Å². The van der Waals surface area contributed by atoms with E-state index in [1.54, 1.807) is 37.1 Å². The summed E-state index contributed by atoms with van der Waals surface area (Å²) < 4.78 is 16.1. The van der Waals surface area contributed by atoms with Gasteiger partial charge < -0.3 is 20.1 Å². The number of carbonyl (C=O) groups is 1. The Bertz CT molecular complexity index is 784. The molecule has 0 saturated carbocycles. The zero-order valence-electron chi connectivity index (χ0n) is 15.6. The molecular weight excluding hydrogens is 335 g/mol. The van der Waals surface area contributed by atoms with Crippen molar-refractivity contribution in [2.45, 2.75) is 20.4 Å². The molecule has 0 radical (unpaired) electrons. The molecular formula is C18H25FN6O. The highest BCUT2D eigenvalue weighted by atomic mass is 19.1. The number of halogens is 1. The average Bonchev–Trinajstić information content (AvgIpc) is 3.02. The highest BCUT2D eigenvalue weighted by molar-refractivity contribution is 5.86. The summed E-state index contributed by atoms with van der Waals surface area (Å²) in [5.74, 6) is 0.845. The topological polar surface area (TPSA) is 74.5 Å². The van der Waals surface area contributed by atoms with Gasteiger partial charge in [-0.25, -0.2) is 14.4 Å². The minimum absolute atomic E-state index is 0.0540. The lowest BCUT2D eigenvalue weighted by molar-refractivity contribution is -0.127. The van der Waals surface area contributed by atoms with Crippen LogP contribution in [0.5, 0.6) is 0 Å². The van der Waals surface area contributed by atoms with E-state index in [1.807, 2.05) is 19.9 Å². The number of likely N-dealkylation sites (N-methyl/N-ethyl adjacent to an activating group) is 1. The molecule has 0 fully saturated rings. The maximum absolute atomic E-state index is 14.4. The van der Waals surface area contributed by atoms with E-state index >= 15 is 0 Å². The van der Waals surface area contributed by atoms with E-state index < -0.39 is 0 Å². The monoisotopic (exact) mass is 360 g/mol. The van der Waals surface area contributed by atoms with E-state index in [4.69, 9.17) is 0 Å². The van der Waals surface area contributed by atoms with Gasteiger partial charge in [0.25, 0.3) is 0 Å². The molecule has 26 heavy (non-hydrogen) atoms. The first-order chi connectivity index (χ1) is 12.4. The van der Waals surface area contributed by atoms with E-state index in [2.05, 4.69) is 20.6 Å². The summed E-state index contributed by atoms with van der Waals surface area (Å²) in [4.78, 5) is 21.7. The van der Waals surface area contributed by atoms with E-state index in [9.17, 15) is 9.18 Å². The number of aliphatic imine (C=N–C) groups is 1. The smallest absolute Gasteiger partial charge is 0.241 e. The zero-order chi connectivity index (χ0) is 19.1. The zero-order valence-corrected chi connectivity index (χ0v) is 15.6.